The molecule has 2 aliphatic carbocycles. The van der Waals surface area contributed by atoms with Crippen LogP contribution in [0.1, 0.15) is 43.5 Å². The zero-order chi connectivity index (χ0) is 22.9. The van der Waals surface area contributed by atoms with Crippen molar-refractivity contribution in [2.75, 3.05) is 23.8 Å². The van der Waals surface area contributed by atoms with Crippen LogP contribution in [0.4, 0.5) is 11.8 Å². The van der Waals surface area contributed by atoms with Crippen molar-refractivity contribution in [1.82, 2.24) is 15.0 Å². The normalized spacial score (nSPS) is 27.8. The molecule has 4 rings (SSSR count). The highest BCUT2D eigenvalue weighted by Crippen LogP contribution is 2.56. The molecule has 170 valence electrons. The van der Waals surface area contributed by atoms with E-state index in [4.69, 9.17) is 4.74 Å². The Balaban J connectivity index is 1.61. The third-order valence-corrected chi connectivity index (χ3v) is 6.01. The number of fused-ring (bicyclic) bond motifs is 1. The molecule has 5 N–H and O–H groups in total. The average molecular weight is 440 g/mol. The fourth-order valence-corrected chi connectivity index (χ4v) is 4.16. The quantitative estimate of drug-likeness (QED) is 0.402. The van der Waals surface area contributed by atoms with Gasteiger partial charge in [0.05, 0.1) is 30.0 Å². The third-order valence-electron chi connectivity index (χ3n) is 6.01. The zero-order valence-electron chi connectivity index (χ0n) is 18.5. The van der Waals surface area contributed by atoms with E-state index in [9.17, 15) is 15.3 Å². The fraction of sp³-hybridized carbons (Fsp3) is 0.522. The summed E-state index contributed by atoms with van der Waals surface area (Å²) in [7, 11) is 0. The highest BCUT2D eigenvalue weighted by molar-refractivity contribution is 5.61. The molecule has 2 aliphatic rings. The van der Waals surface area contributed by atoms with Gasteiger partial charge in [0.25, 0.3) is 0 Å². The molecule has 9 heteroatoms. The fourth-order valence-electron chi connectivity index (χ4n) is 4.16. The van der Waals surface area contributed by atoms with E-state index in [0.29, 0.717) is 47.5 Å². The van der Waals surface area contributed by atoms with Crippen LogP contribution in [0, 0.1) is 24.7 Å². The van der Waals surface area contributed by atoms with Crippen molar-refractivity contribution >= 4 is 11.8 Å². The van der Waals surface area contributed by atoms with E-state index in [0.717, 1.165) is 13.0 Å². The first-order valence-corrected chi connectivity index (χ1v) is 11.0. The Labute approximate surface area is 187 Å². The smallest absolute Gasteiger partial charge is 0.224 e. The Kier molecular flexibility index (Phi) is 6.20. The van der Waals surface area contributed by atoms with Crippen molar-refractivity contribution in [3.8, 4) is 17.7 Å². The standard InChI is InChI=1S/C23H29N5O4/c1-4-10-24-22-26-13(3)15(8-6-14-7-9-18(25-12-14)32-5-2)21(28-22)27-17-11-16-19(29)23(16,31)20(17)30/h7,9,12,16-17,19-20,29-31H,4-5,10-11H2,1-3H3,(H2,24,26,27,28)/t16-,17-,19?,20+,23+/m1/s1. The number of aryl methyl sites for hydroxylation is 1. The topological polar surface area (TPSA) is 133 Å². The van der Waals surface area contributed by atoms with Crippen LogP contribution in [0.3, 0.4) is 0 Å². The lowest BCUT2D eigenvalue weighted by Crippen LogP contribution is -2.42. The van der Waals surface area contributed by atoms with Gasteiger partial charge >= 0.3 is 0 Å². The van der Waals surface area contributed by atoms with Gasteiger partial charge in [-0.05, 0) is 32.8 Å². The van der Waals surface area contributed by atoms with Crippen LogP contribution in [0.2, 0.25) is 0 Å². The minimum atomic E-state index is -1.44. The number of nitrogens with one attached hydrogen (secondary N) is 2. The highest BCUT2D eigenvalue weighted by Gasteiger charge is 2.74. The van der Waals surface area contributed by atoms with Crippen LogP contribution in [0.5, 0.6) is 5.88 Å². The molecule has 0 amide bonds. The van der Waals surface area contributed by atoms with Gasteiger partial charge in [-0.3, -0.25) is 0 Å². The lowest BCUT2D eigenvalue weighted by molar-refractivity contribution is -0.0262. The number of anilines is 2. The van der Waals surface area contributed by atoms with Gasteiger partial charge in [-0.25, -0.2) is 9.97 Å². The molecular formula is C23H29N5O4. The first-order valence-electron chi connectivity index (χ1n) is 11.0. The number of pyridine rings is 1. The number of rotatable bonds is 7. The van der Waals surface area contributed by atoms with Crippen molar-refractivity contribution < 1.29 is 20.1 Å². The van der Waals surface area contributed by atoms with Crippen LogP contribution in [-0.4, -0.2) is 67.3 Å². The maximum absolute atomic E-state index is 10.6. The van der Waals surface area contributed by atoms with E-state index in [1.54, 1.807) is 12.3 Å². The Morgan fingerprint density at radius 1 is 1.19 bits per heavy atom. The predicted molar refractivity (Wildman–Crippen MR) is 119 cm³/mol. The van der Waals surface area contributed by atoms with Crippen molar-refractivity contribution in [1.29, 1.82) is 0 Å². The van der Waals surface area contributed by atoms with Gasteiger partial charge in [-0.2, -0.15) is 4.98 Å². The van der Waals surface area contributed by atoms with Crippen LogP contribution in [-0.2, 0) is 0 Å². The molecule has 5 atom stereocenters. The summed E-state index contributed by atoms with van der Waals surface area (Å²) in [6.07, 6.45) is 1.03. The summed E-state index contributed by atoms with van der Waals surface area (Å²) in [5.41, 5.74) is 0.555. The lowest BCUT2D eigenvalue weighted by Gasteiger charge is -2.24. The SMILES string of the molecule is CCCNc1nc(C)c(C#Cc2ccc(OCC)nc2)c(N[C@@H]2C[C@@H]3C(O)[C@]3(O)[C@H]2O)n1. The van der Waals surface area contributed by atoms with Gasteiger partial charge < -0.3 is 30.7 Å². The van der Waals surface area contributed by atoms with Crippen molar-refractivity contribution in [3.05, 3.63) is 35.2 Å². The minimum Gasteiger partial charge on any atom is -0.478 e. The van der Waals surface area contributed by atoms with Crippen molar-refractivity contribution in [3.63, 3.8) is 0 Å². The monoisotopic (exact) mass is 439 g/mol. The zero-order valence-corrected chi connectivity index (χ0v) is 18.5. The Hall–Kier alpha value is -2.93. The molecule has 2 fully saturated rings. The van der Waals surface area contributed by atoms with Crippen LogP contribution >= 0.6 is 0 Å². The van der Waals surface area contributed by atoms with Crippen molar-refractivity contribution in [2.24, 2.45) is 5.92 Å². The highest BCUT2D eigenvalue weighted by atomic mass is 16.5. The Bertz CT molecular complexity index is 1040. The molecular weight excluding hydrogens is 410 g/mol. The van der Waals surface area contributed by atoms with E-state index in [2.05, 4.69) is 44.4 Å². The van der Waals surface area contributed by atoms with E-state index in [1.165, 1.54) is 0 Å². The summed E-state index contributed by atoms with van der Waals surface area (Å²) in [5.74, 6) is 7.36. The minimum absolute atomic E-state index is 0.333. The molecule has 2 aromatic heterocycles. The molecule has 32 heavy (non-hydrogen) atoms. The maximum atomic E-state index is 10.6. The average Bonchev–Trinajstić information content (AvgIpc) is 3.19. The largest absolute Gasteiger partial charge is 0.478 e. The van der Waals surface area contributed by atoms with Gasteiger partial charge in [-0.1, -0.05) is 18.8 Å². The van der Waals surface area contributed by atoms with Gasteiger partial charge in [0.1, 0.15) is 17.5 Å². The predicted octanol–water partition coefficient (Wildman–Crippen LogP) is 1.07. The molecule has 2 aromatic rings. The van der Waals surface area contributed by atoms with Crippen molar-refractivity contribution in [2.45, 2.75) is 57.5 Å². The Morgan fingerprint density at radius 2 is 2.00 bits per heavy atom. The van der Waals surface area contributed by atoms with E-state index < -0.39 is 23.9 Å². The van der Waals surface area contributed by atoms with Gasteiger partial charge in [0.2, 0.25) is 11.8 Å². The molecule has 0 saturated heterocycles. The molecule has 1 unspecified atom stereocenters. The second-order valence-corrected chi connectivity index (χ2v) is 8.22. The summed E-state index contributed by atoms with van der Waals surface area (Å²) < 4.78 is 5.36. The number of ether oxygens (including phenoxy) is 1. The first-order chi connectivity index (χ1) is 15.4. The Morgan fingerprint density at radius 3 is 2.62 bits per heavy atom. The number of hydrogen-bond acceptors (Lipinski definition) is 9. The molecule has 2 heterocycles. The number of nitrogens with zero attached hydrogens (tertiary/aromatic N) is 3. The van der Waals surface area contributed by atoms with Crippen LogP contribution in [0.25, 0.3) is 0 Å². The molecule has 0 aromatic carbocycles. The maximum Gasteiger partial charge on any atom is 0.224 e. The molecule has 0 spiro atoms. The number of aromatic nitrogens is 3. The third kappa shape index (κ3) is 4.09. The lowest BCUT2D eigenvalue weighted by atomic mass is 10.1. The first kappa shape index (κ1) is 22.3. The molecule has 0 radical (unpaired) electrons. The number of aliphatic hydroxyl groups is 3. The number of aliphatic hydroxyl groups excluding tert-OH is 2. The van der Waals surface area contributed by atoms with Crippen LogP contribution < -0.4 is 15.4 Å². The van der Waals surface area contributed by atoms with Gasteiger partial charge in [0, 0.05) is 30.3 Å². The molecule has 0 bridgehead atoms. The van der Waals surface area contributed by atoms with Crippen LogP contribution in [0.15, 0.2) is 18.3 Å². The molecule has 0 aliphatic heterocycles. The summed E-state index contributed by atoms with van der Waals surface area (Å²) in [4.78, 5) is 13.3. The second-order valence-electron chi connectivity index (χ2n) is 8.22. The van der Waals surface area contributed by atoms with E-state index >= 15 is 0 Å². The van der Waals surface area contributed by atoms with E-state index in [-0.39, 0.29) is 5.92 Å². The summed E-state index contributed by atoms with van der Waals surface area (Å²) in [5, 5.41) is 37.2. The summed E-state index contributed by atoms with van der Waals surface area (Å²) >= 11 is 0. The van der Waals surface area contributed by atoms with E-state index in [1.807, 2.05) is 19.9 Å². The molecule has 2 saturated carbocycles. The van der Waals surface area contributed by atoms with Gasteiger partial charge in [0.15, 0.2) is 0 Å². The van der Waals surface area contributed by atoms with Gasteiger partial charge in [-0.15, -0.1) is 0 Å². The second kappa shape index (κ2) is 8.90. The summed E-state index contributed by atoms with van der Waals surface area (Å²) in [6, 6.07) is 3.15. The number of hydrogen-bond donors (Lipinski definition) is 5. The summed E-state index contributed by atoms with van der Waals surface area (Å²) in [6.45, 7) is 7.07. The molecule has 9 nitrogen and oxygen atoms in total.